The molecule has 0 aromatic carbocycles. The van der Waals surface area contributed by atoms with Crippen molar-refractivity contribution in [1.29, 1.82) is 0 Å². The lowest BCUT2D eigenvalue weighted by molar-refractivity contribution is -0.0484. The van der Waals surface area contributed by atoms with Crippen LogP contribution in [0.3, 0.4) is 0 Å². The summed E-state index contributed by atoms with van der Waals surface area (Å²) in [5, 5.41) is 18.9. The average Bonchev–Trinajstić information content (AvgIpc) is 2.83. The Bertz CT molecular complexity index is 529. The van der Waals surface area contributed by atoms with Crippen LogP contribution in [0.4, 0.5) is 4.79 Å². The molecule has 1 aliphatic heterocycles. The fourth-order valence-corrected chi connectivity index (χ4v) is 2.49. The summed E-state index contributed by atoms with van der Waals surface area (Å²) in [6.07, 6.45) is 1.96. The van der Waals surface area contributed by atoms with Gasteiger partial charge in [0, 0.05) is 20.1 Å². The van der Waals surface area contributed by atoms with Crippen LogP contribution in [0.2, 0.25) is 0 Å². The average molecular weight is 311 g/mol. The van der Waals surface area contributed by atoms with Gasteiger partial charge in [-0.3, -0.25) is 0 Å². The largest absolute Gasteiger partial charge is 0.444 e. The topological polar surface area (TPSA) is 106 Å². The molecule has 1 saturated heterocycles. The molecule has 2 heterocycles. The molecule has 22 heavy (non-hydrogen) atoms. The van der Waals surface area contributed by atoms with Gasteiger partial charge in [0.25, 0.3) is 0 Å². The number of amides is 1. The number of carbonyl (C=O) groups is 1. The van der Waals surface area contributed by atoms with Crippen molar-refractivity contribution in [2.45, 2.75) is 50.9 Å². The summed E-state index contributed by atoms with van der Waals surface area (Å²) in [4.78, 5) is 15.0. The summed E-state index contributed by atoms with van der Waals surface area (Å²) in [7, 11) is 1.70. The molecular formula is C14H25N5O3. The first kappa shape index (κ1) is 16.7. The van der Waals surface area contributed by atoms with Crippen molar-refractivity contribution in [2.75, 3.05) is 13.1 Å². The molecule has 0 aliphatic carbocycles. The first-order valence-corrected chi connectivity index (χ1v) is 7.43. The molecule has 0 saturated carbocycles. The number of aromatic nitrogens is 3. The molecule has 1 aliphatic rings. The molecule has 1 aromatic heterocycles. The molecule has 2 rings (SSSR count). The smallest absolute Gasteiger partial charge is 0.410 e. The second-order valence-corrected chi connectivity index (χ2v) is 6.81. The maximum atomic E-state index is 12.0. The van der Waals surface area contributed by atoms with E-state index in [2.05, 4.69) is 10.2 Å². The number of likely N-dealkylation sites (tertiary alicyclic amines) is 1. The Morgan fingerprint density at radius 3 is 2.50 bits per heavy atom. The van der Waals surface area contributed by atoms with Crippen molar-refractivity contribution >= 4 is 6.09 Å². The normalized spacial score (nSPS) is 19.8. The van der Waals surface area contributed by atoms with Crippen LogP contribution < -0.4 is 5.73 Å². The minimum atomic E-state index is -1.09. The van der Waals surface area contributed by atoms with E-state index in [1.807, 2.05) is 20.8 Å². The van der Waals surface area contributed by atoms with Crippen LogP contribution in [-0.2, 0) is 11.8 Å². The van der Waals surface area contributed by atoms with E-state index in [9.17, 15) is 9.90 Å². The van der Waals surface area contributed by atoms with Gasteiger partial charge in [-0.15, -0.1) is 0 Å². The Balaban J connectivity index is 1.97. The number of hydrogen-bond acceptors (Lipinski definition) is 6. The standard InChI is InChI=1S/C14H25N5O3/c1-13(2,3)22-12(20)19-7-5-14(21,6-8-19)11(15)10-9-16-18(4)17-10/h9,11,21H,5-8,15H2,1-4H3. The van der Waals surface area contributed by atoms with Crippen LogP contribution in [0.15, 0.2) is 6.20 Å². The Morgan fingerprint density at radius 1 is 1.45 bits per heavy atom. The Kier molecular flexibility index (Phi) is 4.44. The van der Waals surface area contributed by atoms with E-state index in [0.717, 1.165) is 0 Å². The number of ether oxygens (including phenoxy) is 1. The Labute approximate surface area is 130 Å². The van der Waals surface area contributed by atoms with E-state index in [0.29, 0.717) is 31.6 Å². The number of aryl methyl sites for hydroxylation is 1. The lowest BCUT2D eigenvalue weighted by atomic mass is 9.83. The maximum Gasteiger partial charge on any atom is 0.410 e. The van der Waals surface area contributed by atoms with Gasteiger partial charge in [0.2, 0.25) is 0 Å². The highest BCUT2D eigenvalue weighted by Gasteiger charge is 2.41. The van der Waals surface area contributed by atoms with Crippen LogP contribution in [0, 0.1) is 0 Å². The molecule has 8 nitrogen and oxygen atoms in total. The van der Waals surface area contributed by atoms with Gasteiger partial charge in [0.05, 0.1) is 17.8 Å². The molecular weight excluding hydrogens is 286 g/mol. The molecule has 0 bridgehead atoms. The van der Waals surface area contributed by atoms with Crippen molar-refractivity contribution < 1.29 is 14.6 Å². The van der Waals surface area contributed by atoms with Crippen LogP contribution in [0.1, 0.15) is 45.3 Å². The Morgan fingerprint density at radius 2 is 2.05 bits per heavy atom. The molecule has 1 aromatic rings. The minimum absolute atomic E-state index is 0.359. The number of hydrogen-bond donors (Lipinski definition) is 2. The first-order valence-electron chi connectivity index (χ1n) is 7.43. The molecule has 3 N–H and O–H groups in total. The van der Waals surface area contributed by atoms with E-state index in [4.69, 9.17) is 10.5 Å². The molecule has 1 unspecified atom stereocenters. The summed E-state index contributed by atoms with van der Waals surface area (Å²) in [5.41, 5.74) is 5.08. The quantitative estimate of drug-likeness (QED) is 0.827. The van der Waals surface area contributed by atoms with Crippen LogP contribution >= 0.6 is 0 Å². The number of piperidine rings is 1. The van der Waals surface area contributed by atoms with E-state index in [-0.39, 0.29) is 6.09 Å². The van der Waals surface area contributed by atoms with Crippen LogP contribution in [0.5, 0.6) is 0 Å². The SMILES string of the molecule is Cn1ncc(C(N)C2(O)CCN(C(=O)OC(C)(C)C)CC2)n1. The highest BCUT2D eigenvalue weighted by atomic mass is 16.6. The fourth-order valence-electron chi connectivity index (χ4n) is 2.49. The van der Waals surface area contributed by atoms with Crippen molar-refractivity contribution in [3.05, 3.63) is 11.9 Å². The zero-order chi connectivity index (χ0) is 16.5. The predicted molar refractivity (Wildman–Crippen MR) is 79.9 cm³/mol. The van der Waals surface area contributed by atoms with E-state index in [1.165, 1.54) is 4.80 Å². The molecule has 1 fully saturated rings. The van der Waals surface area contributed by atoms with Crippen molar-refractivity contribution in [3.8, 4) is 0 Å². The van der Waals surface area contributed by atoms with E-state index >= 15 is 0 Å². The van der Waals surface area contributed by atoms with Gasteiger partial charge >= 0.3 is 6.09 Å². The number of carbonyl (C=O) groups excluding carboxylic acids is 1. The van der Waals surface area contributed by atoms with Crippen molar-refractivity contribution in [2.24, 2.45) is 12.8 Å². The number of nitrogens with two attached hydrogens (primary N) is 1. The summed E-state index contributed by atoms with van der Waals surface area (Å²) >= 11 is 0. The van der Waals surface area contributed by atoms with E-state index < -0.39 is 17.2 Å². The summed E-state index contributed by atoms with van der Waals surface area (Å²) in [6, 6.07) is -0.623. The highest BCUT2D eigenvalue weighted by molar-refractivity contribution is 5.68. The molecule has 0 radical (unpaired) electrons. The summed E-state index contributed by atoms with van der Waals surface area (Å²) < 4.78 is 5.34. The van der Waals surface area contributed by atoms with Gasteiger partial charge in [0.15, 0.2) is 0 Å². The van der Waals surface area contributed by atoms with Gasteiger partial charge in [0.1, 0.15) is 11.3 Å². The molecule has 124 valence electrons. The lowest BCUT2D eigenvalue weighted by Crippen LogP contribution is -2.52. The summed E-state index contributed by atoms with van der Waals surface area (Å²) in [5.74, 6) is 0. The third-order valence-electron chi connectivity index (χ3n) is 3.80. The van der Waals surface area contributed by atoms with Gasteiger partial charge in [-0.25, -0.2) is 4.79 Å². The predicted octanol–water partition coefficient (Wildman–Crippen LogP) is 0.577. The molecule has 8 heteroatoms. The van der Waals surface area contributed by atoms with Crippen LogP contribution in [0.25, 0.3) is 0 Å². The van der Waals surface area contributed by atoms with Gasteiger partial charge in [-0.05, 0) is 33.6 Å². The van der Waals surface area contributed by atoms with Gasteiger partial charge < -0.3 is 20.5 Å². The zero-order valence-corrected chi connectivity index (χ0v) is 13.6. The number of aliphatic hydroxyl groups is 1. The number of rotatable bonds is 2. The van der Waals surface area contributed by atoms with Crippen molar-refractivity contribution in [3.63, 3.8) is 0 Å². The lowest BCUT2D eigenvalue weighted by Gasteiger charge is -2.41. The number of nitrogens with zero attached hydrogens (tertiary/aromatic N) is 4. The van der Waals surface area contributed by atoms with Gasteiger partial charge in [-0.1, -0.05) is 0 Å². The molecule has 1 atom stereocenters. The summed E-state index contributed by atoms with van der Waals surface area (Å²) in [6.45, 7) is 6.29. The second kappa shape index (κ2) is 5.85. The molecule has 0 spiro atoms. The van der Waals surface area contributed by atoms with E-state index in [1.54, 1.807) is 18.1 Å². The second-order valence-electron chi connectivity index (χ2n) is 6.81. The van der Waals surface area contributed by atoms with Crippen LogP contribution in [-0.4, -0.2) is 55.4 Å². The minimum Gasteiger partial charge on any atom is -0.444 e. The van der Waals surface area contributed by atoms with Gasteiger partial charge in [-0.2, -0.15) is 15.0 Å². The Hall–Kier alpha value is -1.67. The third-order valence-corrected chi connectivity index (χ3v) is 3.80. The zero-order valence-electron chi connectivity index (χ0n) is 13.6. The monoisotopic (exact) mass is 311 g/mol. The third kappa shape index (κ3) is 3.75. The molecule has 1 amide bonds. The van der Waals surface area contributed by atoms with Crippen molar-refractivity contribution in [1.82, 2.24) is 19.9 Å². The fraction of sp³-hybridized carbons (Fsp3) is 0.786. The maximum absolute atomic E-state index is 12.0. The highest BCUT2D eigenvalue weighted by Crippen LogP contribution is 2.32. The first-order chi connectivity index (χ1) is 10.1.